The largest absolute Gasteiger partial charge is 0.415 e. The third-order valence-electron chi connectivity index (χ3n) is 5.53. The molecule has 0 fully saturated rings. The number of carbonyl (C=O) groups excluding carboxylic acids is 1. The molecule has 1 aliphatic heterocycles. The zero-order valence-electron chi connectivity index (χ0n) is 16.5. The van der Waals surface area contributed by atoms with E-state index in [9.17, 15) is 9.59 Å². The summed E-state index contributed by atoms with van der Waals surface area (Å²) < 4.78 is 5.58. The van der Waals surface area contributed by atoms with Gasteiger partial charge in [-0.05, 0) is 47.2 Å². The summed E-state index contributed by atoms with van der Waals surface area (Å²) in [7, 11) is 0. The van der Waals surface area contributed by atoms with Crippen LogP contribution < -0.4 is 10.3 Å². The number of aryl methyl sites for hydroxylation is 1. The summed E-state index contributed by atoms with van der Waals surface area (Å²) in [5.74, 6) is 0.490. The fraction of sp³-hybridized carbons (Fsp3) is 0.120. The number of pyridine rings is 1. The molecule has 0 bridgehead atoms. The van der Waals surface area contributed by atoms with Crippen LogP contribution in [0.2, 0.25) is 0 Å². The van der Waals surface area contributed by atoms with Crippen LogP contribution in [0.3, 0.4) is 0 Å². The lowest BCUT2D eigenvalue weighted by Gasteiger charge is -2.15. The number of hydrogen-bond donors (Lipinski definition) is 1. The number of fused-ring (bicyclic) bond motifs is 2. The molecule has 1 N–H and O–H groups in total. The fourth-order valence-electron chi connectivity index (χ4n) is 3.94. The van der Waals surface area contributed by atoms with Gasteiger partial charge in [0.1, 0.15) is 5.75 Å². The van der Waals surface area contributed by atoms with Gasteiger partial charge in [0.15, 0.2) is 0 Å². The van der Waals surface area contributed by atoms with Crippen LogP contribution in [0.5, 0.6) is 5.75 Å². The number of nitrogens with zero attached hydrogens (tertiary/aromatic N) is 1. The Bertz CT molecular complexity index is 1300. The molecule has 1 aromatic heterocycles. The summed E-state index contributed by atoms with van der Waals surface area (Å²) in [6, 6.07) is 21.2. The Kier molecular flexibility index (Phi) is 4.36. The first-order valence-electron chi connectivity index (χ1n) is 9.84. The molecule has 0 radical (unpaired) electrons. The Morgan fingerprint density at radius 2 is 1.63 bits per heavy atom. The summed E-state index contributed by atoms with van der Waals surface area (Å²) in [6.07, 6.45) is 1.37. The number of hydrogen-bond acceptors (Lipinski definition) is 3. The highest BCUT2D eigenvalue weighted by Crippen LogP contribution is 2.29. The number of amides is 1. The zero-order chi connectivity index (χ0) is 20.7. The molecule has 1 amide bonds. The quantitative estimate of drug-likeness (QED) is 0.518. The van der Waals surface area contributed by atoms with E-state index in [4.69, 9.17) is 4.74 Å². The molecule has 4 aromatic rings. The van der Waals surface area contributed by atoms with E-state index in [1.165, 1.54) is 0 Å². The Morgan fingerprint density at radius 3 is 2.33 bits per heavy atom. The van der Waals surface area contributed by atoms with Crippen LogP contribution in [-0.4, -0.2) is 16.0 Å². The number of nitrogens with one attached hydrogen (secondary N) is 1. The Morgan fingerprint density at radius 1 is 0.933 bits per heavy atom. The lowest BCUT2D eigenvalue weighted by Crippen LogP contribution is -2.28. The minimum atomic E-state index is -0.357. The molecule has 0 aliphatic carbocycles. The maximum Gasteiger partial charge on any atom is 0.415 e. The van der Waals surface area contributed by atoms with Crippen molar-refractivity contribution in [1.82, 2.24) is 9.88 Å². The molecule has 0 unspecified atom stereocenters. The van der Waals surface area contributed by atoms with Crippen LogP contribution in [-0.2, 0) is 13.1 Å². The molecule has 2 heterocycles. The van der Waals surface area contributed by atoms with Gasteiger partial charge in [0.05, 0.1) is 0 Å². The van der Waals surface area contributed by atoms with Gasteiger partial charge in [-0.25, -0.2) is 4.79 Å². The first kappa shape index (κ1) is 18.2. The van der Waals surface area contributed by atoms with E-state index in [2.05, 4.69) is 4.98 Å². The van der Waals surface area contributed by atoms with Gasteiger partial charge in [-0.1, -0.05) is 54.1 Å². The van der Waals surface area contributed by atoms with E-state index in [-0.39, 0.29) is 11.7 Å². The minimum absolute atomic E-state index is 0.106. The van der Waals surface area contributed by atoms with Gasteiger partial charge in [0, 0.05) is 30.2 Å². The van der Waals surface area contributed by atoms with Gasteiger partial charge >= 0.3 is 6.09 Å². The van der Waals surface area contributed by atoms with Crippen LogP contribution in [0, 0.1) is 6.92 Å². The van der Waals surface area contributed by atoms with Crippen molar-refractivity contribution >= 4 is 16.9 Å². The fourth-order valence-corrected chi connectivity index (χ4v) is 3.94. The molecule has 148 valence electrons. The molecule has 0 saturated carbocycles. The number of H-pyrrole nitrogens is 1. The first-order valence-corrected chi connectivity index (χ1v) is 9.84. The highest BCUT2D eigenvalue weighted by Gasteiger charge is 2.24. The molecule has 5 heteroatoms. The van der Waals surface area contributed by atoms with Crippen LogP contribution in [0.4, 0.5) is 4.79 Å². The van der Waals surface area contributed by atoms with Crippen molar-refractivity contribution in [3.63, 3.8) is 0 Å². The SMILES string of the molecule is Cc1ccc2c(=O)[nH]cc(-c3ccc(OC(=O)N4Cc5ccccc5C4)cc3)c2c1. The second kappa shape index (κ2) is 7.19. The number of ether oxygens (including phenoxy) is 1. The van der Waals surface area contributed by atoms with Gasteiger partial charge in [0.2, 0.25) is 0 Å². The number of aromatic nitrogens is 1. The third-order valence-corrected chi connectivity index (χ3v) is 5.53. The molecule has 5 rings (SSSR count). The lowest BCUT2D eigenvalue weighted by atomic mass is 9.99. The smallest absolute Gasteiger partial charge is 0.410 e. The van der Waals surface area contributed by atoms with E-state index in [1.807, 2.05) is 61.5 Å². The minimum Gasteiger partial charge on any atom is -0.410 e. The average Bonchev–Trinajstić information content (AvgIpc) is 3.19. The maximum atomic E-state index is 12.6. The number of rotatable bonds is 2. The summed E-state index contributed by atoms with van der Waals surface area (Å²) >= 11 is 0. The average molecular weight is 396 g/mol. The van der Waals surface area contributed by atoms with E-state index < -0.39 is 0 Å². The molecule has 0 atom stereocenters. The topological polar surface area (TPSA) is 62.4 Å². The normalized spacial score (nSPS) is 12.8. The van der Waals surface area contributed by atoms with Gasteiger partial charge in [-0.2, -0.15) is 0 Å². The maximum absolute atomic E-state index is 12.6. The number of carbonyl (C=O) groups is 1. The predicted molar refractivity (Wildman–Crippen MR) is 116 cm³/mol. The monoisotopic (exact) mass is 396 g/mol. The zero-order valence-corrected chi connectivity index (χ0v) is 16.5. The van der Waals surface area contributed by atoms with E-state index in [0.717, 1.165) is 33.2 Å². The van der Waals surface area contributed by atoms with Crippen molar-refractivity contribution in [2.24, 2.45) is 0 Å². The van der Waals surface area contributed by atoms with Gasteiger partial charge in [-0.15, -0.1) is 0 Å². The predicted octanol–water partition coefficient (Wildman–Crippen LogP) is 5.02. The van der Waals surface area contributed by atoms with Crippen molar-refractivity contribution in [3.8, 4) is 16.9 Å². The van der Waals surface area contributed by atoms with Crippen molar-refractivity contribution in [1.29, 1.82) is 0 Å². The van der Waals surface area contributed by atoms with Crippen molar-refractivity contribution in [2.45, 2.75) is 20.0 Å². The summed E-state index contributed by atoms with van der Waals surface area (Å²) in [5.41, 5.74) is 5.17. The van der Waals surface area contributed by atoms with Crippen molar-refractivity contribution < 1.29 is 9.53 Å². The van der Waals surface area contributed by atoms with Gasteiger partial charge in [-0.3, -0.25) is 9.69 Å². The molecule has 1 aliphatic rings. The Balaban J connectivity index is 1.37. The van der Waals surface area contributed by atoms with Crippen LogP contribution >= 0.6 is 0 Å². The second-order valence-corrected chi connectivity index (χ2v) is 7.60. The Hall–Kier alpha value is -3.86. The summed E-state index contributed by atoms with van der Waals surface area (Å²) in [4.78, 5) is 29.2. The van der Waals surface area contributed by atoms with E-state index in [1.54, 1.807) is 23.2 Å². The molecular formula is C25H20N2O3. The molecular weight excluding hydrogens is 376 g/mol. The van der Waals surface area contributed by atoms with Gasteiger partial charge in [0.25, 0.3) is 5.56 Å². The summed E-state index contributed by atoms with van der Waals surface area (Å²) in [5, 5.41) is 1.56. The Labute approximate surface area is 173 Å². The molecule has 5 nitrogen and oxygen atoms in total. The standard InChI is InChI=1S/C25H20N2O3/c1-16-6-11-21-22(12-16)23(13-26-24(21)28)17-7-9-20(10-8-17)30-25(29)27-14-18-4-2-3-5-19(18)15-27/h2-13H,14-15H2,1H3,(H,26,28). The molecule has 0 saturated heterocycles. The summed E-state index contributed by atoms with van der Waals surface area (Å²) in [6.45, 7) is 3.13. The molecule has 30 heavy (non-hydrogen) atoms. The number of aromatic amines is 1. The van der Waals surface area contributed by atoms with Gasteiger partial charge < -0.3 is 9.72 Å². The second-order valence-electron chi connectivity index (χ2n) is 7.60. The van der Waals surface area contributed by atoms with E-state index in [0.29, 0.717) is 24.2 Å². The number of benzene rings is 3. The van der Waals surface area contributed by atoms with Crippen LogP contribution in [0.1, 0.15) is 16.7 Å². The van der Waals surface area contributed by atoms with E-state index >= 15 is 0 Å². The highest BCUT2D eigenvalue weighted by molar-refractivity contribution is 5.96. The lowest BCUT2D eigenvalue weighted by molar-refractivity contribution is 0.152. The highest BCUT2D eigenvalue weighted by atomic mass is 16.6. The van der Waals surface area contributed by atoms with Crippen LogP contribution in [0.15, 0.2) is 77.7 Å². The van der Waals surface area contributed by atoms with Crippen molar-refractivity contribution in [3.05, 3.63) is 100.0 Å². The van der Waals surface area contributed by atoms with Crippen LogP contribution in [0.25, 0.3) is 21.9 Å². The molecule has 0 spiro atoms. The first-order chi connectivity index (χ1) is 14.6. The molecule has 3 aromatic carbocycles. The third kappa shape index (κ3) is 3.24. The van der Waals surface area contributed by atoms with Crippen molar-refractivity contribution in [2.75, 3.05) is 0 Å².